The molecular formula is C14H12INO2. The standard InChI is InChI=1S/C14H12INO2/c15-13(11-7-3-1-4-8-11)14(16(17)18)12-9-5-2-6-10-12/h1-10,13-14H. The highest BCUT2D eigenvalue weighted by Gasteiger charge is 2.32. The van der Waals surface area contributed by atoms with Gasteiger partial charge in [-0.3, -0.25) is 10.1 Å². The summed E-state index contributed by atoms with van der Waals surface area (Å²) in [6, 6.07) is 18.0. The summed E-state index contributed by atoms with van der Waals surface area (Å²) in [6.07, 6.45) is 0. The second-order valence-electron chi connectivity index (χ2n) is 3.95. The molecule has 0 aromatic heterocycles. The van der Waals surface area contributed by atoms with Crippen molar-refractivity contribution >= 4 is 22.6 Å². The molecule has 0 fully saturated rings. The Balaban J connectivity index is 2.35. The van der Waals surface area contributed by atoms with E-state index in [2.05, 4.69) is 22.6 Å². The lowest BCUT2D eigenvalue weighted by Crippen LogP contribution is -2.15. The molecule has 2 aromatic rings. The largest absolute Gasteiger partial charge is 0.264 e. The topological polar surface area (TPSA) is 43.1 Å². The van der Waals surface area contributed by atoms with Crippen LogP contribution in [-0.4, -0.2) is 4.92 Å². The van der Waals surface area contributed by atoms with Gasteiger partial charge in [0.25, 0.3) is 6.04 Å². The first kappa shape index (κ1) is 13.0. The summed E-state index contributed by atoms with van der Waals surface area (Å²) >= 11 is 2.15. The highest BCUT2D eigenvalue weighted by Crippen LogP contribution is 2.38. The van der Waals surface area contributed by atoms with Crippen LogP contribution in [0.2, 0.25) is 0 Å². The number of rotatable bonds is 4. The lowest BCUT2D eigenvalue weighted by atomic mass is 9.99. The van der Waals surface area contributed by atoms with E-state index in [9.17, 15) is 10.1 Å². The molecule has 0 N–H and O–H groups in total. The minimum Gasteiger partial charge on any atom is -0.264 e. The van der Waals surface area contributed by atoms with Crippen molar-refractivity contribution in [2.75, 3.05) is 0 Å². The Morgan fingerprint density at radius 2 is 1.33 bits per heavy atom. The predicted molar refractivity (Wildman–Crippen MR) is 79.4 cm³/mol. The van der Waals surface area contributed by atoms with Crippen LogP contribution in [0, 0.1) is 10.1 Å². The lowest BCUT2D eigenvalue weighted by molar-refractivity contribution is -0.528. The van der Waals surface area contributed by atoms with Crippen LogP contribution in [0.15, 0.2) is 60.7 Å². The number of benzene rings is 2. The van der Waals surface area contributed by atoms with Crippen LogP contribution in [-0.2, 0) is 0 Å². The zero-order valence-electron chi connectivity index (χ0n) is 9.57. The Hall–Kier alpha value is -1.43. The average Bonchev–Trinajstić information content (AvgIpc) is 2.40. The first-order valence-electron chi connectivity index (χ1n) is 5.57. The van der Waals surface area contributed by atoms with Crippen molar-refractivity contribution in [1.29, 1.82) is 0 Å². The third-order valence-electron chi connectivity index (χ3n) is 2.76. The smallest absolute Gasteiger partial charge is 0.253 e. The molecule has 92 valence electrons. The summed E-state index contributed by atoms with van der Waals surface area (Å²) in [5, 5.41) is 11.3. The van der Waals surface area contributed by atoms with E-state index in [0.29, 0.717) is 0 Å². The molecule has 3 nitrogen and oxygen atoms in total. The number of alkyl halides is 1. The van der Waals surface area contributed by atoms with E-state index >= 15 is 0 Å². The third-order valence-corrected chi connectivity index (χ3v) is 4.16. The minimum absolute atomic E-state index is 0.179. The normalized spacial score (nSPS) is 13.8. The molecule has 2 rings (SSSR count). The fraction of sp³-hybridized carbons (Fsp3) is 0.143. The maximum atomic E-state index is 11.3. The van der Waals surface area contributed by atoms with Gasteiger partial charge in [-0.25, -0.2) is 0 Å². The van der Waals surface area contributed by atoms with E-state index < -0.39 is 6.04 Å². The quantitative estimate of drug-likeness (QED) is 0.358. The maximum Gasteiger partial charge on any atom is 0.253 e. The van der Waals surface area contributed by atoms with Crippen molar-refractivity contribution < 1.29 is 4.92 Å². The van der Waals surface area contributed by atoms with Gasteiger partial charge in [0, 0.05) is 10.5 Å². The Kier molecular flexibility index (Phi) is 4.30. The highest BCUT2D eigenvalue weighted by molar-refractivity contribution is 14.1. The Morgan fingerprint density at radius 3 is 1.78 bits per heavy atom. The molecule has 0 heterocycles. The predicted octanol–water partition coefficient (Wildman–Crippen LogP) is 4.18. The van der Waals surface area contributed by atoms with Gasteiger partial charge in [-0.1, -0.05) is 83.3 Å². The molecule has 2 atom stereocenters. The van der Waals surface area contributed by atoms with Gasteiger partial charge in [0.1, 0.15) is 3.92 Å². The van der Waals surface area contributed by atoms with Gasteiger partial charge in [0.15, 0.2) is 0 Å². The Labute approximate surface area is 119 Å². The van der Waals surface area contributed by atoms with E-state index in [-0.39, 0.29) is 8.85 Å². The molecule has 0 aliphatic carbocycles. The highest BCUT2D eigenvalue weighted by atomic mass is 127. The molecule has 2 unspecified atom stereocenters. The summed E-state index contributed by atoms with van der Waals surface area (Å²) in [6.45, 7) is 0. The number of hydrogen-bond acceptors (Lipinski definition) is 2. The average molecular weight is 353 g/mol. The van der Waals surface area contributed by atoms with E-state index in [1.165, 1.54) is 0 Å². The number of hydrogen-bond donors (Lipinski definition) is 0. The summed E-state index contributed by atoms with van der Waals surface area (Å²) in [4.78, 5) is 11.1. The number of nitrogens with zero attached hydrogens (tertiary/aromatic N) is 1. The van der Waals surface area contributed by atoms with E-state index in [4.69, 9.17) is 0 Å². The maximum absolute atomic E-state index is 11.3. The summed E-state index contributed by atoms with van der Waals surface area (Å²) in [5.41, 5.74) is 1.72. The molecule has 0 radical (unpaired) electrons. The SMILES string of the molecule is O=[N+]([O-])C(c1ccccc1)C(I)c1ccccc1. The molecular weight excluding hydrogens is 341 g/mol. The second-order valence-corrected chi connectivity index (χ2v) is 5.30. The minimum atomic E-state index is -0.714. The summed E-state index contributed by atoms with van der Waals surface area (Å²) in [7, 11) is 0. The van der Waals surface area contributed by atoms with Crippen molar-refractivity contribution in [1.82, 2.24) is 0 Å². The Bertz CT molecular complexity index is 516. The van der Waals surface area contributed by atoms with E-state index in [0.717, 1.165) is 11.1 Å². The molecule has 0 saturated carbocycles. The third kappa shape index (κ3) is 2.87. The van der Waals surface area contributed by atoms with Crippen LogP contribution < -0.4 is 0 Å². The van der Waals surface area contributed by atoms with Crippen LogP contribution in [0.5, 0.6) is 0 Å². The van der Waals surface area contributed by atoms with Crippen molar-refractivity contribution in [2.45, 2.75) is 9.97 Å². The van der Waals surface area contributed by atoms with Crippen molar-refractivity contribution in [3.63, 3.8) is 0 Å². The molecule has 0 bridgehead atoms. The molecule has 18 heavy (non-hydrogen) atoms. The molecule has 0 aliphatic heterocycles. The second kappa shape index (κ2) is 5.95. The summed E-state index contributed by atoms with van der Waals surface area (Å²) < 4.78 is -0.179. The van der Waals surface area contributed by atoms with Crippen molar-refractivity contribution in [3.8, 4) is 0 Å². The van der Waals surface area contributed by atoms with Gasteiger partial charge in [-0.05, 0) is 5.56 Å². The number of nitro groups is 1. The van der Waals surface area contributed by atoms with Crippen molar-refractivity contribution in [3.05, 3.63) is 81.9 Å². The van der Waals surface area contributed by atoms with Crippen LogP contribution in [0.25, 0.3) is 0 Å². The van der Waals surface area contributed by atoms with Crippen LogP contribution >= 0.6 is 22.6 Å². The monoisotopic (exact) mass is 353 g/mol. The molecule has 0 saturated heterocycles. The van der Waals surface area contributed by atoms with Gasteiger partial charge in [-0.2, -0.15) is 0 Å². The van der Waals surface area contributed by atoms with Gasteiger partial charge >= 0.3 is 0 Å². The molecule has 0 spiro atoms. The molecule has 0 amide bonds. The van der Waals surface area contributed by atoms with Crippen LogP contribution in [0.4, 0.5) is 0 Å². The zero-order valence-corrected chi connectivity index (χ0v) is 11.7. The van der Waals surface area contributed by atoms with Gasteiger partial charge in [0.2, 0.25) is 0 Å². The van der Waals surface area contributed by atoms with Gasteiger partial charge in [0.05, 0.1) is 0 Å². The van der Waals surface area contributed by atoms with Gasteiger partial charge in [-0.15, -0.1) is 0 Å². The number of halogens is 1. The lowest BCUT2D eigenvalue weighted by Gasteiger charge is -2.16. The molecule has 2 aromatic carbocycles. The van der Waals surface area contributed by atoms with Crippen molar-refractivity contribution in [2.24, 2.45) is 0 Å². The molecule has 4 heteroatoms. The molecule has 0 aliphatic rings. The van der Waals surface area contributed by atoms with Gasteiger partial charge < -0.3 is 0 Å². The summed E-state index contributed by atoms with van der Waals surface area (Å²) in [5.74, 6) is 0. The zero-order chi connectivity index (χ0) is 13.0. The first-order chi connectivity index (χ1) is 8.70. The fourth-order valence-corrected chi connectivity index (χ4v) is 2.96. The van der Waals surface area contributed by atoms with Crippen LogP contribution in [0.1, 0.15) is 21.1 Å². The van der Waals surface area contributed by atoms with E-state index in [1.54, 1.807) is 0 Å². The first-order valence-corrected chi connectivity index (χ1v) is 6.82. The van der Waals surface area contributed by atoms with E-state index in [1.807, 2.05) is 60.7 Å². The Morgan fingerprint density at radius 1 is 0.889 bits per heavy atom. The van der Waals surface area contributed by atoms with Crippen LogP contribution in [0.3, 0.4) is 0 Å². The fourth-order valence-electron chi connectivity index (χ4n) is 1.87.